The van der Waals surface area contributed by atoms with E-state index in [1.54, 1.807) is 12.1 Å². The van der Waals surface area contributed by atoms with Gasteiger partial charge in [0.1, 0.15) is 0 Å². The molecule has 0 aliphatic heterocycles. The molecule has 0 spiro atoms. The highest BCUT2D eigenvalue weighted by Crippen LogP contribution is 2.33. The maximum absolute atomic E-state index is 10.7. The molecule has 0 fully saturated rings. The lowest BCUT2D eigenvalue weighted by Gasteiger charge is -2.22. The average Bonchev–Trinajstić information content (AvgIpc) is 2.12. The van der Waals surface area contributed by atoms with Gasteiger partial charge in [0.15, 0.2) is 0 Å². The summed E-state index contributed by atoms with van der Waals surface area (Å²) in [6, 6.07) is 3.29. The van der Waals surface area contributed by atoms with Gasteiger partial charge in [0.05, 0.1) is 6.42 Å². The van der Waals surface area contributed by atoms with Crippen LogP contribution in [0.2, 0.25) is 15.1 Å². The zero-order valence-electron chi connectivity index (χ0n) is 10.3. The maximum atomic E-state index is 10.7. The van der Waals surface area contributed by atoms with Crippen LogP contribution in [0.25, 0.3) is 0 Å². The van der Waals surface area contributed by atoms with E-state index < -0.39 is 5.97 Å². The SMILES string of the molecule is CC(C)(CCc1c(Cl)cc(Cl)cc1Cl)CC(=O)O. The Hall–Kier alpha value is -0.440. The molecule has 1 N–H and O–H groups in total. The molecule has 0 aromatic heterocycles. The fourth-order valence-electron chi connectivity index (χ4n) is 1.77. The van der Waals surface area contributed by atoms with E-state index in [4.69, 9.17) is 39.9 Å². The number of aliphatic carboxylic acids is 1. The molecule has 0 saturated heterocycles. The number of hydrogen-bond acceptors (Lipinski definition) is 1. The summed E-state index contributed by atoms with van der Waals surface area (Å²) in [6.45, 7) is 3.83. The summed E-state index contributed by atoms with van der Waals surface area (Å²) in [4.78, 5) is 10.7. The van der Waals surface area contributed by atoms with Crippen molar-refractivity contribution in [1.82, 2.24) is 0 Å². The van der Waals surface area contributed by atoms with Gasteiger partial charge in [0.2, 0.25) is 0 Å². The van der Waals surface area contributed by atoms with Crippen molar-refractivity contribution in [3.8, 4) is 0 Å². The molecule has 0 saturated carbocycles. The maximum Gasteiger partial charge on any atom is 0.303 e. The Balaban J connectivity index is 2.78. The number of hydrogen-bond donors (Lipinski definition) is 1. The number of rotatable bonds is 5. The molecule has 18 heavy (non-hydrogen) atoms. The number of carboxylic acids is 1. The number of halogens is 3. The summed E-state index contributed by atoms with van der Waals surface area (Å²) in [6.07, 6.45) is 1.45. The van der Waals surface area contributed by atoms with Gasteiger partial charge in [-0.2, -0.15) is 0 Å². The molecular weight excluding hydrogens is 295 g/mol. The second-order valence-corrected chi connectivity index (χ2v) is 6.33. The van der Waals surface area contributed by atoms with Gasteiger partial charge < -0.3 is 5.11 Å². The molecule has 1 rings (SSSR count). The first-order chi connectivity index (χ1) is 8.21. The van der Waals surface area contributed by atoms with E-state index in [2.05, 4.69) is 0 Å². The Morgan fingerprint density at radius 3 is 2.17 bits per heavy atom. The van der Waals surface area contributed by atoms with Gasteiger partial charge in [0, 0.05) is 15.1 Å². The fraction of sp³-hybridized carbons (Fsp3) is 0.462. The van der Waals surface area contributed by atoms with Gasteiger partial charge in [0.25, 0.3) is 0 Å². The van der Waals surface area contributed by atoms with Gasteiger partial charge >= 0.3 is 5.97 Å². The van der Waals surface area contributed by atoms with E-state index >= 15 is 0 Å². The summed E-state index contributed by atoms with van der Waals surface area (Å²) in [7, 11) is 0. The van der Waals surface area contributed by atoms with E-state index in [-0.39, 0.29) is 11.8 Å². The summed E-state index contributed by atoms with van der Waals surface area (Å²) >= 11 is 18.0. The standard InChI is InChI=1S/C13H15Cl3O2/c1-13(2,7-12(17)18)4-3-9-10(15)5-8(14)6-11(9)16/h5-6H,3-4,7H2,1-2H3,(H,17,18). The van der Waals surface area contributed by atoms with Crippen molar-refractivity contribution in [1.29, 1.82) is 0 Å². The van der Waals surface area contributed by atoms with E-state index in [1.807, 2.05) is 13.8 Å². The number of carboxylic acid groups (broad SMARTS) is 1. The molecule has 1 aromatic rings. The molecular formula is C13H15Cl3O2. The van der Waals surface area contributed by atoms with Crippen molar-refractivity contribution in [3.05, 3.63) is 32.8 Å². The van der Waals surface area contributed by atoms with E-state index in [1.165, 1.54) is 0 Å². The fourth-order valence-corrected chi connectivity index (χ4v) is 2.78. The molecule has 0 amide bonds. The Labute approximate surface area is 122 Å². The summed E-state index contributed by atoms with van der Waals surface area (Å²) in [5, 5.41) is 10.4. The third kappa shape index (κ3) is 4.68. The van der Waals surface area contributed by atoms with Gasteiger partial charge in [-0.15, -0.1) is 0 Å². The smallest absolute Gasteiger partial charge is 0.303 e. The third-order valence-electron chi connectivity index (χ3n) is 2.79. The first kappa shape index (κ1) is 15.6. The van der Waals surface area contributed by atoms with Crippen molar-refractivity contribution < 1.29 is 9.90 Å². The van der Waals surface area contributed by atoms with Gasteiger partial charge in [-0.1, -0.05) is 48.7 Å². The molecule has 0 atom stereocenters. The highest BCUT2D eigenvalue weighted by Gasteiger charge is 2.22. The van der Waals surface area contributed by atoms with Crippen LogP contribution in [-0.4, -0.2) is 11.1 Å². The predicted octanol–water partition coefficient (Wildman–Crippen LogP) is 5.08. The zero-order valence-corrected chi connectivity index (χ0v) is 12.5. The minimum absolute atomic E-state index is 0.121. The lowest BCUT2D eigenvalue weighted by atomic mass is 9.83. The second-order valence-electron chi connectivity index (χ2n) is 5.08. The quantitative estimate of drug-likeness (QED) is 0.823. The predicted molar refractivity (Wildman–Crippen MR) is 75.8 cm³/mol. The monoisotopic (exact) mass is 308 g/mol. The molecule has 1 aromatic carbocycles. The van der Waals surface area contributed by atoms with Crippen LogP contribution in [0.1, 0.15) is 32.3 Å². The van der Waals surface area contributed by atoms with Gasteiger partial charge in [-0.25, -0.2) is 0 Å². The Morgan fingerprint density at radius 1 is 1.22 bits per heavy atom. The average molecular weight is 310 g/mol. The summed E-state index contributed by atoms with van der Waals surface area (Å²) in [5.74, 6) is -0.798. The van der Waals surface area contributed by atoms with Crippen LogP contribution in [0.15, 0.2) is 12.1 Å². The summed E-state index contributed by atoms with van der Waals surface area (Å²) < 4.78 is 0. The highest BCUT2D eigenvalue weighted by atomic mass is 35.5. The van der Waals surface area contributed by atoms with Crippen molar-refractivity contribution in [2.24, 2.45) is 5.41 Å². The van der Waals surface area contributed by atoms with Crippen LogP contribution >= 0.6 is 34.8 Å². The number of benzene rings is 1. The molecule has 100 valence electrons. The first-order valence-corrected chi connectivity index (χ1v) is 6.70. The van der Waals surface area contributed by atoms with E-state index in [0.717, 1.165) is 5.56 Å². The van der Waals surface area contributed by atoms with E-state index in [9.17, 15) is 4.79 Å². The van der Waals surface area contributed by atoms with Crippen LogP contribution in [0.3, 0.4) is 0 Å². The number of carbonyl (C=O) groups is 1. The molecule has 0 bridgehead atoms. The Morgan fingerprint density at radius 2 is 1.72 bits per heavy atom. The molecule has 0 heterocycles. The normalized spacial score (nSPS) is 11.6. The Kier molecular flexibility index (Phi) is 5.32. The molecule has 5 heteroatoms. The topological polar surface area (TPSA) is 37.3 Å². The lowest BCUT2D eigenvalue weighted by molar-refractivity contribution is -0.139. The van der Waals surface area contributed by atoms with Crippen LogP contribution in [0.4, 0.5) is 0 Å². The van der Waals surface area contributed by atoms with Crippen LogP contribution in [-0.2, 0) is 11.2 Å². The molecule has 0 unspecified atom stereocenters. The minimum atomic E-state index is -0.798. The molecule has 0 aliphatic rings. The van der Waals surface area contributed by atoms with E-state index in [0.29, 0.717) is 27.9 Å². The van der Waals surface area contributed by atoms with Gasteiger partial charge in [-0.3, -0.25) is 4.79 Å². The zero-order chi connectivity index (χ0) is 13.9. The lowest BCUT2D eigenvalue weighted by Crippen LogP contribution is -2.17. The van der Waals surface area contributed by atoms with Crippen molar-refractivity contribution in [2.45, 2.75) is 33.1 Å². The van der Waals surface area contributed by atoms with Crippen LogP contribution < -0.4 is 0 Å². The third-order valence-corrected chi connectivity index (χ3v) is 3.68. The molecule has 2 nitrogen and oxygen atoms in total. The second kappa shape index (κ2) is 6.14. The van der Waals surface area contributed by atoms with Crippen molar-refractivity contribution in [2.75, 3.05) is 0 Å². The van der Waals surface area contributed by atoms with Crippen molar-refractivity contribution in [3.63, 3.8) is 0 Å². The minimum Gasteiger partial charge on any atom is -0.481 e. The Bertz CT molecular complexity index is 433. The van der Waals surface area contributed by atoms with Crippen LogP contribution in [0.5, 0.6) is 0 Å². The largest absolute Gasteiger partial charge is 0.481 e. The van der Waals surface area contributed by atoms with Gasteiger partial charge in [-0.05, 0) is 36.0 Å². The van der Waals surface area contributed by atoms with Crippen LogP contribution in [0, 0.1) is 5.41 Å². The highest BCUT2D eigenvalue weighted by molar-refractivity contribution is 6.39. The molecule has 0 aliphatic carbocycles. The molecule has 0 radical (unpaired) electrons. The summed E-state index contributed by atoms with van der Waals surface area (Å²) in [5.41, 5.74) is 0.527. The first-order valence-electron chi connectivity index (χ1n) is 5.56. The van der Waals surface area contributed by atoms with Crippen molar-refractivity contribution >= 4 is 40.8 Å².